The van der Waals surface area contributed by atoms with Crippen molar-refractivity contribution in [3.05, 3.63) is 68.8 Å². The molecule has 3 aliphatic heterocycles. The summed E-state index contributed by atoms with van der Waals surface area (Å²) in [5.41, 5.74) is 0.843. The molecule has 2 aromatic rings. The minimum atomic E-state index is -1.26. The lowest BCUT2D eigenvalue weighted by Crippen LogP contribution is -2.69. The summed E-state index contributed by atoms with van der Waals surface area (Å²) in [7, 11) is 0. The van der Waals surface area contributed by atoms with Gasteiger partial charge in [-0.3, -0.25) is 19.2 Å². The average Bonchev–Trinajstić information content (AvgIpc) is 3.99. The maximum Gasteiger partial charge on any atom is 0.327 e. The lowest BCUT2D eigenvalue weighted by atomic mass is 9.62. The van der Waals surface area contributed by atoms with Gasteiger partial charge in [-0.25, -0.2) is 0 Å². The van der Waals surface area contributed by atoms with E-state index < -0.39 is 47.6 Å². The van der Waals surface area contributed by atoms with Crippen LogP contribution in [-0.4, -0.2) is 77.3 Å². The molecule has 3 saturated carbocycles. The zero-order chi connectivity index (χ0) is 30.9. The average molecular weight is 730 g/mol. The second-order valence-corrected chi connectivity index (χ2v) is 14.4. The fourth-order valence-electron chi connectivity index (χ4n) is 7.88. The molecule has 0 spiro atoms. The predicted octanol–water partition coefficient (Wildman–Crippen LogP) is 2.43. The molecular formula is C33H36IN3O8. The van der Waals surface area contributed by atoms with Crippen LogP contribution < -0.4 is 10.6 Å². The summed E-state index contributed by atoms with van der Waals surface area (Å²) in [5.74, 6) is -1.21. The fraction of sp³-hybridized carbons (Fsp3) is 0.545. The van der Waals surface area contributed by atoms with Gasteiger partial charge < -0.3 is 30.0 Å². The third-order valence-corrected chi connectivity index (χ3v) is 10.9. The van der Waals surface area contributed by atoms with Crippen molar-refractivity contribution >= 4 is 40.4 Å². The summed E-state index contributed by atoms with van der Waals surface area (Å²) in [5, 5.41) is 16.4. The number of halogens is 1. The van der Waals surface area contributed by atoms with Crippen LogP contribution in [0, 0.1) is 20.8 Å². The normalized spacial score (nSPS) is 32.9. The van der Waals surface area contributed by atoms with Crippen molar-refractivity contribution in [2.75, 3.05) is 13.2 Å². The molecule has 2 bridgehead atoms. The van der Waals surface area contributed by atoms with Crippen LogP contribution in [0.5, 0.6) is 0 Å². The van der Waals surface area contributed by atoms with Crippen LogP contribution in [0.15, 0.2) is 48.5 Å². The van der Waals surface area contributed by atoms with Crippen molar-refractivity contribution < 1.29 is 38.5 Å². The molecule has 0 aromatic heterocycles. The molecule has 3 saturated heterocycles. The van der Waals surface area contributed by atoms with Crippen LogP contribution in [-0.2, 0) is 41.7 Å². The first-order valence-corrected chi connectivity index (χ1v) is 16.9. The summed E-state index contributed by atoms with van der Waals surface area (Å²) >= 11 is 2.25. The summed E-state index contributed by atoms with van der Waals surface area (Å²) in [4.78, 5) is 47.5. The first kappa shape index (κ1) is 29.8. The van der Waals surface area contributed by atoms with Gasteiger partial charge in [0.1, 0.15) is 29.8 Å². The van der Waals surface area contributed by atoms with Crippen molar-refractivity contribution in [2.24, 2.45) is 17.3 Å². The monoisotopic (exact) mass is 729 g/mol. The first-order valence-electron chi connectivity index (χ1n) is 15.8. The molecule has 3 heterocycles. The molecule has 238 valence electrons. The van der Waals surface area contributed by atoms with Gasteiger partial charge in [0, 0.05) is 40.5 Å². The van der Waals surface area contributed by atoms with Gasteiger partial charge in [-0.2, -0.15) is 5.06 Å². The number of aliphatic hydroxyl groups excluding tert-OH is 1. The number of hydrogen-bond donors (Lipinski definition) is 3. The van der Waals surface area contributed by atoms with Crippen molar-refractivity contribution in [2.45, 2.75) is 81.4 Å². The largest absolute Gasteiger partial charge is 0.458 e. The molecule has 2 aromatic carbocycles. The van der Waals surface area contributed by atoms with E-state index in [2.05, 4.69) is 33.2 Å². The van der Waals surface area contributed by atoms with Gasteiger partial charge in [0.05, 0.1) is 13.2 Å². The maximum absolute atomic E-state index is 14.5. The number of amides is 2. The van der Waals surface area contributed by atoms with Crippen LogP contribution in [0.4, 0.5) is 0 Å². The number of rotatable bonds is 10. The number of carbonyl (C=O) groups excluding carboxylic acids is 3. The molecule has 11 nitrogen and oxygen atoms in total. The standard InChI is InChI=1S/C33H36IN3O8/c34-23-10-4-18(5-11-23)17-37-27-30(40)42-24-15-32(27,31(41)36-16-19-2-1-3-20(14-19)29(39)35-12-13-38)28(45-37)26-25(24)43-33(44-26,21-6-7-21)22-8-9-22/h1-5,10-11,14,21-22,24-28,38H,6-9,12-13,15-17H2,(H,35,39)(H,36,41). The molecule has 6 atom stereocenters. The molecule has 2 amide bonds. The number of fused-ring (bicyclic) bond motifs is 4. The Labute approximate surface area is 274 Å². The van der Waals surface area contributed by atoms with Crippen LogP contribution >= 0.6 is 22.6 Å². The highest BCUT2D eigenvalue weighted by Gasteiger charge is 2.78. The van der Waals surface area contributed by atoms with Gasteiger partial charge in [0.25, 0.3) is 5.91 Å². The number of hydroxylamine groups is 2. The summed E-state index contributed by atoms with van der Waals surface area (Å²) in [6.45, 7) is 0.443. The van der Waals surface area contributed by atoms with E-state index in [0.717, 1.165) is 40.4 Å². The topological polar surface area (TPSA) is 136 Å². The number of benzene rings is 2. The first-order chi connectivity index (χ1) is 21.8. The number of nitrogens with zero attached hydrogens (tertiary/aromatic N) is 1. The highest BCUT2D eigenvalue weighted by molar-refractivity contribution is 14.1. The molecule has 6 aliphatic rings. The molecule has 8 rings (SSSR count). The van der Waals surface area contributed by atoms with Gasteiger partial charge in [-0.05, 0) is 83.7 Å². The maximum atomic E-state index is 14.5. The zero-order valence-electron chi connectivity index (χ0n) is 24.7. The Hall–Kier alpha value is -2.62. The summed E-state index contributed by atoms with van der Waals surface area (Å²) in [6.07, 6.45) is 1.98. The fourth-order valence-corrected chi connectivity index (χ4v) is 8.24. The Morgan fingerprint density at radius 1 is 0.978 bits per heavy atom. The molecule has 45 heavy (non-hydrogen) atoms. The number of hydrogen-bond acceptors (Lipinski definition) is 9. The van der Waals surface area contributed by atoms with E-state index in [9.17, 15) is 14.4 Å². The van der Waals surface area contributed by atoms with Crippen LogP contribution in [0.1, 0.15) is 53.6 Å². The second kappa shape index (κ2) is 11.3. The lowest BCUT2D eigenvalue weighted by Gasteiger charge is -2.48. The third-order valence-electron chi connectivity index (χ3n) is 10.2. The smallest absolute Gasteiger partial charge is 0.327 e. The van der Waals surface area contributed by atoms with Crippen molar-refractivity contribution in [1.82, 2.24) is 15.7 Å². The molecule has 3 aliphatic carbocycles. The minimum absolute atomic E-state index is 0.150. The molecule has 3 N–H and O–H groups in total. The van der Waals surface area contributed by atoms with E-state index in [1.54, 1.807) is 23.3 Å². The van der Waals surface area contributed by atoms with Crippen molar-refractivity contribution in [3.8, 4) is 0 Å². The van der Waals surface area contributed by atoms with Gasteiger partial charge >= 0.3 is 5.97 Å². The molecule has 0 radical (unpaired) electrons. The Morgan fingerprint density at radius 3 is 2.42 bits per heavy atom. The summed E-state index contributed by atoms with van der Waals surface area (Å²) < 4.78 is 20.9. The molecule has 12 heteroatoms. The highest BCUT2D eigenvalue weighted by atomic mass is 127. The Kier molecular flexibility index (Phi) is 7.45. The van der Waals surface area contributed by atoms with Crippen molar-refractivity contribution in [1.29, 1.82) is 0 Å². The Bertz CT molecular complexity index is 1500. The van der Waals surface area contributed by atoms with Crippen molar-refractivity contribution in [3.63, 3.8) is 0 Å². The van der Waals surface area contributed by atoms with E-state index >= 15 is 0 Å². The number of nitrogens with one attached hydrogen (secondary N) is 2. The zero-order valence-corrected chi connectivity index (χ0v) is 26.8. The number of esters is 1. The second-order valence-electron chi connectivity index (χ2n) is 13.1. The SMILES string of the molecule is O=C(NCCO)c1cccc(CNC(=O)C23CC4OC(=O)C2N(Cc2ccc(I)cc2)OC3C2OC(C3CC3)(C3CC3)OC42)c1. The number of carbonyl (C=O) groups is 3. The quantitative estimate of drug-likeness (QED) is 0.249. The molecule has 6 unspecified atom stereocenters. The third kappa shape index (κ3) is 4.99. The van der Waals surface area contributed by atoms with Gasteiger partial charge in [0.15, 0.2) is 11.8 Å². The number of aliphatic hydroxyl groups is 1. The molecule has 6 fully saturated rings. The Balaban J connectivity index is 1.11. The van der Waals surface area contributed by atoms with E-state index in [1.807, 2.05) is 30.3 Å². The highest BCUT2D eigenvalue weighted by Crippen LogP contribution is 2.63. The summed E-state index contributed by atoms with van der Waals surface area (Å²) in [6, 6.07) is 14.0. The van der Waals surface area contributed by atoms with Gasteiger partial charge in [-0.1, -0.05) is 24.3 Å². The van der Waals surface area contributed by atoms with E-state index in [4.69, 9.17) is 24.2 Å². The molecular weight excluding hydrogens is 693 g/mol. The van der Waals surface area contributed by atoms with E-state index in [-0.39, 0.29) is 37.9 Å². The van der Waals surface area contributed by atoms with Crippen LogP contribution in [0.2, 0.25) is 0 Å². The van der Waals surface area contributed by atoms with E-state index in [1.165, 1.54) is 0 Å². The van der Waals surface area contributed by atoms with Crippen LogP contribution in [0.3, 0.4) is 0 Å². The Morgan fingerprint density at radius 2 is 1.71 bits per heavy atom. The van der Waals surface area contributed by atoms with Crippen LogP contribution in [0.25, 0.3) is 0 Å². The number of ether oxygens (including phenoxy) is 3. The minimum Gasteiger partial charge on any atom is -0.458 e. The van der Waals surface area contributed by atoms with Gasteiger partial charge in [-0.15, -0.1) is 0 Å². The van der Waals surface area contributed by atoms with E-state index in [0.29, 0.717) is 23.9 Å². The lowest BCUT2D eigenvalue weighted by molar-refractivity contribution is -0.235. The predicted molar refractivity (Wildman–Crippen MR) is 166 cm³/mol. The van der Waals surface area contributed by atoms with Gasteiger partial charge in [0.2, 0.25) is 5.91 Å².